The zero-order valence-electron chi connectivity index (χ0n) is 15.6. The molecule has 0 bridgehead atoms. The topological polar surface area (TPSA) is 98.5 Å². The summed E-state index contributed by atoms with van der Waals surface area (Å²) in [6.45, 7) is 2.74. The van der Waals surface area contributed by atoms with Crippen LogP contribution in [0.3, 0.4) is 0 Å². The maximum Gasteiger partial charge on any atom is 0.267 e. The highest BCUT2D eigenvalue weighted by molar-refractivity contribution is 5.82. The lowest BCUT2D eigenvalue weighted by Crippen LogP contribution is -2.54. The van der Waals surface area contributed by atoms with Crippen molar-refractivity contribution in [2.24, 2.45) is 0 Å². The number of amides is 1. The number of aromatic nitrogens is 5. The maximum atomic E-state index is 12.9. The minimum absolute atomic E-state index is 0.0508. The molecular formula is C19H19N7O3. The number of ether oxygens (including phenoxy) is 2. The molecule has 1 amide bonds. The molecular weight excluding hydrogens is 374 g/mol. The first-order valence-corrected chi connectivity index (χ1v) is 9.37. The predicted molar refractivity (Wildman–Crippen MR) is 102 cm³/mol. The first-order chi connectivity index (χ1) is 14.3. The maximum absolute atomic E-state index is 12.9. The Kier molecular flexibility index (Phi) is 4.43. The number of benzene rings is 1. The minimum Gasteiger partial charge on any atom is -0.485 e. The minimum atomic E-state index is -0.616. The quantitative estimate of drug-likeness (QED) is 0.636. The van der Waals surface area contributed by atoms with E-state index in [9.17, 15) is 4.79 Å². The van der Waals surface area contributed by atoms with E-state index >= 15 is 0 Å². The number of carbonyl (C=O) groups excluding carboxylic acids is 1. The van der Waals surface area contributed by atoms with E-state index in [1.54, 1.807) is 11.0 Å². The van der Waals surface area contributed by atoms with Crippen LogP contribution < -0.4 is 14.4 Å². The highest BCUT2D eigenvalue weighted by Crippen LogP contribution is 2.31. The fourth-order valence-corrected chi connectivity index (χ4v) is 3.46. The third-order valence-electron chi connectivity index (χ3n) is 4.99. The zero-order valence-corrected chi connectivity index (χ0v) is 15.6. The smallest absolute Gasteiger partial charge is 0.267 e. The van der Waals surface area contributed by atoms with Gasteiger partial charge >= 0.3 is 0 Å². The molecule has 2 aliphatic heterocycles. The summed E-state index contributed by atoms with van der Waals surface area (Å²) in [5.74, 6) is 2.68. The summed E-state index contributed by atoms with van der Waals surface area (Å²) < 4.78 is 13.1. The van der Waals surface area contributed by atoms with Crippen molar-refractivity contribution in [1.29, 1.82) is 0 Å². The van der Waals surface area contributed by atoms with Crippen molar-refractivity contribution in [2.45, 2.75) is 6.10 Å². The summed E-state index contributed by atoms with van der Waals surface area (Å²) in [5, 5.41) is 4.09. The van der Waals surface area contributed by atoms with E-state index in [-0.39, 0.29) is 12.5 Å². The van der Waals surface area contributed by atoms with E-state index in [1.165, 1.54) is 12.7 Å². The van der Waals surface area contributed by atoms with Crippen LogP contribution in [-0.2, 0) is 4.79 Å². The monoisotopic (exact) mass is 393 g/mol. The van der Waals surface area contributed by atoms with Crippen LogP contribution in [0.2, 0.25) is 0 Å². The summed E-state index contributed by atoms with van der Waals surface area (Å²) in [4.78, 5) is 29.3. The van der Waals surface area contributed by atoms with Crippen LogP contribution in [0.5, 0.6) is 11.5 Å². The Labute approximate surface area is 166 Å². The molecule has 1 atom stereocenters. The largest absolute Gasteiger partial charge is 0.485 e. The molecule has 29 heavy (non-hydrogen) atoms. The van der Waals surface area contributed by atoms with Crippen molar-refractivity contribution in [3.8, 4) is 17.3 Å². The molecule has 148 valence electrons. The summed E-state index contributed by atoms with van der Waals surface area (Å²) in [7, 11) is 0. The Morgan fingerprint density at radius 2 is 1.79 bits per heavy atom. The van der Waals surface area contributed by atoms with E-state index in [0.717, 1.165) is 5.82 Å². The molecule has 1 fully saturated rings. The Hall–Kier alpha value is -3.69. The van der Waals surface area contributed by atoms with Gasteiger partial charge in [0, 0.05) is 32.2 Å². The first-order valence-electron chi connectivity index (χ1n) is 9.37. The highest BCUT2D eigenvalue weighted by atomic mass is 16.6. The van der Waals surface area contributed by atoms with Gasteiger partial charge in [0.1, 0.15) is 31.4 Å². The van der Waals surface area contributed by atoms with Crippen molar-refractivity contribution in [3.05, 3.63) is 49.3 Å². The molecule has 2 aromatic heterocycles. The fraction of sp³-hybridized carbons (Fsp3) is 0.316. The van der Waals surface area contributed by atoms with Gasteiger partial charge in [-0.15, -0.1) is 0 Å². The standard InChI is InChI=1S/C19H19N7O3/c27-19(16-10-28-14-3-1-2-4-15(14)29-16)25-7-5-24(6-8-25)17-9-18(22-12-21-17)26-13-20-11-23-26/h1-4,9,11-13,16H,5-8,10H2/t16-/m0/s1. The van der Waals surface area contributed by atoms with Crippen LogP contribution in [0, 0.1) is 0 Å². The first kappa shape index (κ1) is 17.4. The van der Waals surface area contributed by atoms with Crippen molar-refractivity contribution < 1.29 is 14.3 Å². The van der Waals surface area contributed by atoms with E-state index in [1.807, 2.05) is 35.2 Å². The molecule has 0 aliphatic carbocycles. The van der Waals surface area contributed by atoms with Gasteiger partial charge in [0.15, 0.2) is 17.3 Å². The van der Waals surface area contributed by atoms with Crippen LogP contribution in [0.15, 0.2) is 49.3 Å². The van der Waals surface area contributed by atoms with Crippen molar-refractivity contribution in [1.82, 2.24) is 29.6 Å². The molecule has 1 aromatic carbocycles. The van der Waals surface area contributed by atoms with Gasteiger partial charge in [0.2, 0.25) is 6.10 Å². The lowest BCUT2D eigenvalue weighted by atomic mass is 10.2. The van der Waals surface area contributed by atoms with E-state index < -0.39 is 6.10 Å². The fourth-order valence-electron chi connectivity index (χ4n) is 3.46. The van der Waals surface area contributed by atoms with Gasteiger partial charge < -0.3 is 19.3 Å². The lowest BCUT2D eigenvalue weighted by molar-refractivity contribution is -0.141. The number of rotatable bonds is 3. The normalized spacial score (nSPS) is 18.6. The second kappa shape index (κ2) is 7.38. The molecule has 2 aliphatic rings. The molecule has 5 rings (SSSR count). The zero-order chi connectivity index (χ0) is 19.6. The van der Waals surface area contributed by atoms with Gasteiger partial charge in [-0.05, 0) is 12.1 Å². The van der Waals surface area contributed by atoms with Gasteiger partial charge in [-0.25, -0.2) is 19.6 Å². The molecule has 0 radical (unpaired) electrons. The molecule has 0 saturated carbocycles. The van der Waals surface area contributed by atoms with E-state index in [0.29, 0.717) is 43.5 Å². The summed E-state index contributed by atoms with van der Waals surface area (Å²) in [6.07, 6.45) is 3.94. The van der Waals surface area contributed by atoms with Crippen molar-refractivity contribution in [2.75, 3.05) is 37.7 Å². The van der Waals surface area contributed by atoms with Gasteiger partial charge in [-0.1, -0.05) is 12.1 Å². The van der Waals surface area contributed by atoms with Crippen molar-refractivity contribution in [3.63, 3.8) is 0 Å². The third kappa shape index (κ3) is 3.44. The SMILES string of the molecule is O=C([C@@H]1COc2ccccc2O1)N1CCN(c2cc(-n3cncn3)ncn2)CC1. The molecule has 0 N–H and O–H groups in total. The van der Waals surface area contributed by atoms with Gasteiger partial charge in [-0.3, -0.25) is 4.79 Å². The average molecular weight is 393 g/mol. The number of hydrogen-bond acceptors (Lipinski definition) is 8. The van der Waals surface area contributed by atoms with E-state index in [2.05, 4.69) is 25.0 Å². The average Bonchev–Trinajstić information content (AvgIpc) is 3.34. The van der Waals surface area contributed by atoms with Crippen molar-refractivity contribution >= 4 is 11.7 Å². The lowest BCUT2D eigenvalue weighted by Gasteiger charge is -2.37. The highest BCUT2D eigenvalue weighted by Gasteiger charge is 2.32. The van der Waals surface area contributed by atoms with Crippen LogP contribution in [-0.4, -0.2) is 74.4 Å². The molecule has 4 heterocycles. The van der Waals surface area contributed by atoms with Gasteiger partial charge in [-0.2, -0.15) is 5.10 Å². The third-order valence-corrected chi connectivity index (χ3v) is 4.99. The Bertz CT molecular complexity index is 1000. The second-order valence-corrected chi connectivity index (χ2v) is 6.75. The molecule has 10 heteroatoms. The number of fused-ring (bicyclic) bond motifs is 1. The number of nitrogens with zero attached hydrogens (tertiary/aromatic N) is 7. The van der Waals surface area contributed by atoms with Gasteiger partial charge in [0.25, 0.3) is 5.91 Å². The summed E-state index contributed by atoms with van der Waals surface area (Å²) in [5.41, 5.74) is 0. The molecule has 10 nitrogen and oxygen atoms in total. The number of carbonyl (C=O) groups is 1. The van der Waals surface area contributed by atoms with Gasteiger partial charge in [0.05, 0.1) is 0 Å². The Morgan fingerprint density at radius 1 is 1.00 bits per heavy atom. The number of hydrogen-bond donors (Lipinski definition) is 0. The number of para-hydroxylation sites is 2. The predicted octanol–water partition coefficient (Wildman–Crippen LogP) is 0.546. The van der Waals surface area contributed by atoms with Crippen LogP contribution in [0.25, 0.3) is 5.82 Å². The Morgan fingerprint density at radius 3 is 2.59 bits per heavy atom. The van der Waals surface area contributed by atoms with Crippen LogP contribution >= 0.6 is 0 Å². The second-order valence-electron chi connectivity index (χ2n) is 6.75. The number of anilines is 1. The molecule has 1 saturated heterocycles. The van der Waals surface area contributed by atoms with E-state index in [4.69, 9.17) is 9.47 Å². The Balaban J connectivity index is 1.22. The molecule has 3 aromatic rings. The summed E-state index contributed by atoms with van der Waals surface area (Å²) in [6, 6.07) is 9.26. The van der Waals surface area contributed by atoms with Crippen LogP contribution in [0.1, 0.15) is 0 Å². The van der Waals surface area contributed by atoms with Crippen LogP contribution in [0.4, 0.5) is 5.82 Å². The summed E-state index contributed by atoms with van der Waals surface area (Å²) >= 11 is 0. The molecule has 0 spiro atoms. The number of piperazine rings is 1. The molecule has 0 unspecified atom stereocenters.